The monoisotopic (exact) mass is 453 g/mol. The first-order valence-corrected chi connectivity index (χ1v) is 11.6. The number of aromatic nitrogens is 1. The van der Waals surface area contributed by atoms with E-state index in [0.29, 0.717) is 18.5 Å². The molecule has 0 aliphatic rings. The zero-order chi connectivity index (χ0) is 23.9. The van der Waals surface area contributed by atoms with Gasteiger partial charge in [0.25, 0.3) is 5.91 Å². The van der Waals surface area contributed by atoms with E-state index >= 15 is 0 Å². The summed E-state index contributed by atoms with van der Waals surface area (Å²) in [5, 5.41) is 13.0. The van der Waals surface area contributed by atoms with Crippen LogP contribution in [0.1, 0.15) is 40.7 Å². The van der Waals surface area contributed by atoms with Crippen molar-refractivity contribution in [2.45, 2.75) is 32.2 Å². The second-order valence-electron chi connectivity index (χ2n) is 8.49. The van der Waals surface area contributed by atoms with Gasteiger partial charge in [0.2, 0.25) is 11.2 Å². The first-order chi connectivity index (χ1) is 16.5. The molecule has 5 nitrogen and oxygen atoms in total. The summed E-state index contributed by atoms with van der Waals surface area (Å²) in [5.74, 6) is -0.873. The van der Waals surface area contributed by atoms with Gasteiger partial charge in [0.1, 0.15) is 7.05 Å². The van der Waals surface area contributed by atoms with Crippen LogP contribution in [0, 0.1) is 0 Å². The van der Waals surface area contributed by atoms with E-state index in [1.165, 1.54) is 0 Å². The number of hydrogen-bond donors (Lipinski definition) is 2. The Labute approximate surface area is 199 Å². The van der Waals surface area contributed by atoms with Gasteiger partial charge in [-0.2, -0.15) is 4.57 Å². The van der Waals surface area contributed by atoms with E-state index in [-0.39, 0.29) is 12.3 Å². The molecule has 1 aromatic heterocycles. The van der Waals surface area contributed by atoms with Crippen molar-refractivity contribution in [1.82, 2.24) is 5.32 Å². The summed E-state index contributed by atoms with van der Waals surface area (Å²) in [6.45, 7) is 0.479. The van der Waals surface area contributed by atoms with E-state index in [9.17, 15) is 9.59 Å². The predicted molar refractivity (Wildman–Crippen MR) is 133 cm³/mol. The molecule has 0 unspecified atom stereocenters. The van der Waals surface area contributed by atoms with Gasteiger partial charge in [-0.05, 0) is 55.2 Å². The van der Waals surface area contributed by atoms with Crippen LogP contribution >= 0.6 is 0 Å². The number of carbonyl (C=O) groups is 2. The standard InChI is InChI=1S/C29H28N2O3/c1-31-26-17-16-24(29(34)30-20-21-10-4-2-5-11-21)19-25(26)18-23(14-8-9-15-27(32)33)28(31)22-12-6-3-7-13-22/h2-7,10-13,16-19H,8-9,14-15,20H2,1H3,(H-,30,32,33,34)/p+1. The number of fused-ring (bicyclic) bond motifs is 1. The van der Waals surface area contributed by atoms with Gasteiger partial charge in [0, 0.05) is 41.1 Å². The third-order valence-electron chi connectivity index (χ3n) is 6.05. The van der Waals surface area contributed by atoms with E-state index < -0.39 is 5.97 Å². The Hall–Kier alpha value is -3.99. The quantitative estimate of drug-likeness (QED) is 0.275. The molecule has 3 aromatic carbocycles. The van der Waals surface area contributed by atoms with Crippen LogP contribution in [0.5, 0.6) is 0 Å². The molecule has 0 fully saturated rings. The number of pyridine rings is 1. The molecule has 0 aliphatic carbocycles. The van der Waals surface area contributed by atoms with Crippen LogP contribution in [0.25, 0.3) is 22.2 Å². The highest BCUT2D eigenvalue weighted by atomic mass is 16.4. The first-order valence-electron chi connectivity index (χ1n) is 11.6. The molecule has 5 heteroatoms. The molecule has 172 valence electrons. The zero-order valence-corrected chi connectivity index (χ0v) is 19.3. The van der Waals surface area contributed by atoms with Gasteiger partial charge >= 0.3 is 5.97 Å². The summed E-state index contributed by atoms with van der Waals surface area (Å²) < 4.78 is 2.17. The molecule has 34 heavy (non-hydrogen) atoms. The number of amides is 1. The van der Waals surface area contributed by atoms with Crippen LogP contribution in [0.15, 0.2) is 84.9 Å². The molecule has 0 saturated heterocycles. The predicted octanol–water partition coefficient (Wildman–Crippen LogP) is 5.06. The van der Waals surface area contributed by atoms with Crippen LogP contribution < -0.4 is 9.88 Å². The van der Waals surface area contributed by atoms with Gasteiger partial charge < -0.3 is 10.4 Å². The fraction of sp³-hybridized carbons (Fsp3) is 0.207. The second kappa shape index (κ2) is 10.8. The number of aliphatic carboxylic acids is 1. The minimum absolute atomic E-state index is 0.108. The molecule has 0 bridgehead atoms. The average Bonchev–Trinajstić information content (AvgIpc) is 2.86. The van der Waals surface area contributed by atoms with Crippen molar-refractivity contribution >= 4 is 22.8 Å². The van der Waals surface area contributed by atoms with Crippen molar-refractivity contribution in [2.75, 3.05) is 0 Å². The van der Waals surface area contributed by atoms with Crippen LogP contribution in [-0.2, 0) is 24.8 Å². The van der Waals surface area contributed by atoms with Crippen LogP contribution in [-0.4, -0.2) is 17.0 Å². The second-order valence-corrected chi connectivity index (χ2v) is 8.49. The average molecular weight is 454 g/mol. The number of nitrogens with zero attached hydrogens (tertiary/aromatic N) is 1. The number of carbonyl (C=O) groups excluding carboxylic acids is 1. The van der Waals surface area contributed by atoms with Gasteiger partial charge in [-0.15, -0.1) is 0 Å². The summed E-state index contributed by atoms with van der Waals surface area (Å²) in [5.41, 5.74) is 6.09. The highest BCUT2D eigenvalue weighted by Crippen LogP contribution is 2.26. The van der Waals surface area contributed by atoms with Crippen molar-refractivity contribution in [2.24, 2.45) is 7.05 Å². The molecule has 4 rings (SSSR count). The van der Waals surface area contributed by atoms with E-state index in [4.69, 9.17) is 5.11 Å². The Morgan fingerprint density at radius 2 is 1.59 bits per heavy atom. The molecule has 2 N–H and O–H groups in total. The molecule has 0 saturated carbocycles. The summed E-state index contributed by atoms with van der Waals surface area (Å²) in [4.78, 5) is 23.8. The summed E-state index contributed by atoms with van der Waals surface area (Å²) in [6.07, 6.45) is 2.36. The number of nitrogens with one attached hydrogen (secondary N) is 1. The van der Waals surface area contributed by atoms with Crippen LogP contribution in [0.3, 0.4) is 0 Å². The van der Waals surface area contributed by atoms with Gasteiger partial charge in [-0.3, -0.25) is 9.59 Å². The zero-order valence-electron chi connectivity index (χ0n) is 19.3. The Balaban J connectivity index is 1.65. The van der Waals surface area contributed by atoms with Gasteiger partial charge in [0.05, 0.1) is 0 Å². The Kier molecular flexibility index (Phi) is 7.33. The maximum Gasteiger partial charge on any atom is 0.303 e. The highest BCUT2D eigenvalue weighted by Gasteiger charge is 2.21. The lowest BCUT2D eigenvalue weighted by molar-refractivity contribution is -0.633. The minimum Gasteiger partial charge on any atom is -0.481 e. The molecule has 1 amide bonds. The van der Waals surface area contributed by atoms with E-state index in [2.05, 4.69) is 28.1 Å². The number of carboxylic acid groups (broad SMARTS) is 1. The SMILES string of the molecule is C[n+]1c(-c2ccccc2)c(CCCCC(=O)O)cc2cc(C(=O)NCc3ccccc3)ccc21. The van der Waals surface area contributed by atoms with Gasteiger partial charge in [-0.25, -0.2) is 0 Å². The number of rotatable bonds is 9. The lowest BCUT2D eigenvalue weighted by Crippen LogP contribution is -2.33. The minimum atomic E-state index is -0.765. The van der Waals surface area contributed by atoms with Crippen molar-refractivity contribution in [3.05, 3.63) is 102 Å². The van der Waals surface area contributed by atoms with Crippen molar-refractivity contribution in [1.29, 1.82) is 0 Å². The molecule has 0 spiro atoms. The summed E-state index contributed by atoms with van der Waals surface area (Å²) >= 11 is 0. The molecule has 0 aliphatic heterocycles. The van der Waals surface area contributed by atoms with Crippen molar-refractivity contribution in [3.63, 3.8) is 0 Å². The first kappa shape index (κ1) is 23.2. The Morgan fingerprint density at radius 3 is 2.29 bits per heavy atom. The molecular formula is C29H29N2O3+. The van der Waals surface area contributed by atoms with Crippen LogP contribution in [0.4, 0.5) is 0 Å². The highest BCUT2D eigenvalue weighted by molar-refractivity contribution is 5.97. The molecular weight excluding hydrogens is 424 g/mol. The van der Waals surface area contributed by atoms with E-state index in [1.807, 2.05) is 73.8 Å². The number of aryl methyl sites for hydroxylation is 2. The maximum absolute atomic E-state index is 12.8. The third-order valence-corrected chi connectivity index (χ3v) is 6.05. The van der Waals surface area contributed by atoms with E-state index in [0.717, 1.165) is 46.1 Å². The van der Waals surface area contributed by atoms with Gasteiger partial charge in [-0.1, -0.05) is 48.5 Å². The molecule has 0 radical (unpaired) electrons. The molecule has 1 heterocycles. The van der Waals surface area contributed by atoms with Crippen LogP contribution in [0.2, 0.25) is 0 Å². The Bertz CT molecular complexity index is 1300. The lowest BCUT2D eigenvalue weighted by Gasteiger charge is -2.12. The van der Waals surface area contributed by atoms with E-state index in [1.54, 1.807) is 0 Å². The number of benzene rings is 3. The fourth-order valence-electron chi connectivity index (χ4n) is 4.35. The number of carboxylic acids is 1. The fourth-order valence-corrected chi connectivity index (χ4v) is 4.35. The third kappa shape index (κ3) is 5.49. The normalized spacial score (nSPS) is 10.9. The lowest BCUT2D eigenvalue weighted by atomic mass is 9.97. The molecule has 4 aromatic rings. The number of unbranched alkanes of at least 4 members (excludes halogenated alkanes) is 1. The largest absolute Gasteiger partial charge is 0.481 e. The summed E-state index contributed by atoms with van der Waals surface area (Å²) in [6, 6.07) is 28.0. The topological polar surface area (TPSA) is 70.3 Å². The van der Waals surface area contributed by atoms with Gasteiger partial charge in [0.15, 0.2) is 0 Å². The Morgan fingerprint density at radius 1 is 0.882 bits per heavy atom. The smallest absolute Gasteiger partial charge is 0.303 e. The van der Waals surface area contributed by atoms with Crippen molar-refractivity contribution in [3.8, 4) is 11.3 Å². The molecule has 0 atom stereocenters. The summed E-state index contributed by atoms with van der Waals surface area (Å²) in [7, 11) is 2.04. The van der Waals surface area contributed by atoms with Crippen molar-refractivity contribution < 1.29 is 19.3 Å². The number of hydrogen-bond acceptors (Lipinski definition) is 2. The maximum atomic E-state index is 12.8.